The van der Waals surface area contributed by atoms with E-state index in [4.69, 9.17) is 10.8 Å². The summed E-state index contributed by atoms with van der Waals surface area (Å²) < 4.78 is 0.853. The molecule has 0 saturated heterocycles. The molecule has 1 atom stereocenters. The Balaban J connectivity index is 2.31. The van der Waals surface area contributed by atoms with E-state index in [-0.39, 0.29) is 0 Å². The van der Waals surface area contributed by atoms with Crippen LogP contribution >= 0.6 is 23.1 Å². The predicted octanol–water partition coefficient (Wildman–Crippen LogP) is 0.647. The molecule has 0 spiro atoms. The van der Waals surface area contributed by atoms with Gasteiger partial charge in [0.05, 0.1) is 0 Å². The molecule has 0 aromatic carbocycles. The Labute approximate surface area is 77.8 Å². The highest BCUT2D eigenvalue weighted by Crippen LogP contribution is 2.20. The van der Waals surface area contributed by atoms with Gasteiger partial charge in [-0.2, -0.15) is 0 Å². The zero-order chi connectivity index (χ0) is 8.97. The Kier molecular flexibility index (Phi) is 3.51. The molecule has 0 aliphatic rings. The van der Waals surface area contributed by atoms with E-state index < -0.39 is 12.0 Å². The molecule has 1 aromatic heterocycles. The molecule has 0 unspecified atom stereocenters. The molecule has 4 nitrogen and oxygen atoms in total. The van der Waals surface area contributed by atoms with Crippen molar-refractivity contribution in [1.82, 2.24) is 4.98 Å². The number of nitrogens with zero attached hydrogens (tertiary/aromatic N) is 1. The molecule has 12 heavy (non-hydrogen) atoms. The number of thioether (sulfide) groups is 1. The molecule has 1 heterocycles. The third kappa shape index (κ3) is 2.80. The van der Waals surface area contributed by atoms with Crippen LogP contribution in [-0.4, -0.2) is 27.9 Å². The predicted molar refractivity (Wildman–Crippen MR) is 48.4 cm³/mol. The first kappa shape index (κ1) is 9.50. The van der Waals surface area contributed by atoms with Crippen molar-refractivity contribution in [1.29, 1.82) is 0 Å². The zero-order valence-electron chi connectivity index (χ0n) is 6.14. The second kappa shape index (κ2) is 4.44. The number of thiazole rings is 1. The van der Waals surface area contributed by atoms with E-state index in [1.165, 1.54) is 23.1 Å². The Morgan fingerprint density at radius 1 is 1.92 bits per heavy atom. The van der Waals surface area contributed by atoms with Crippen LogP contribution in [-0.2, 0) is 4.79 Å². The van der Waals surface area contributed by atoms with E-state index in [9.17, 15) is 4.79 Å². The van der Waals surface area contributed by atoms with E-state index in [2.05, 4.69) is 4.98 Å². The number of rotatable bonds is 4. The topological polar surface area (TPSA) is 76.2 Å². The number of aliphatic carboxylic acids is 1. The van der Waals surface area contributed by atoms with Gasteiger partial charge in [0.25, 0.3) is 0 Å². The lowest BCUT2D eigenvalue weighted by molar-refractivity contribution is -0.137. The van der Waals surface area contributed by atoms with Gasteiger partial charge in [-0.3, -0.25) is 4.79 Å². The van der Waals surface area contributed by atoms with Crippen LogP contribution < -0.4 is 5.73 Å². The maximum atomic E-state index is 10.3. The maximum absolute atomic E-state index is 10.3. The van der Waals surface area contributed by atoms with E-state index in [1.54, 1.807) is 6.20 Å². The summed E-state index contributed by atoms with van der Waals surface area (Å²) in [5.74, 6) is -0.609. The first-order chi connectivity index (χ1) is 5.70. The number of carboxylic acids is 1. The van der Waals surface area contributed by atoms with E-state index in [0.717, 1.165) is 4.34 Å². The van der Waals surface area contributed by atoms with E-state index in [1.807, 2.05) is 5.38 Å². The molecule has 1 aromatic rings. The molecule has 0 bridgehead atoms. The Bertz CT molecular complexity index is 250. The van der Waals surface area contributed by atoms with Gasteiger partial charge >= 0.3 is 5.97 Å². The summed E-state index contributed by atoms with van der Waals surface area (Å²) >= 11 is 2.85. The average Bonchev–Trinajstić information content (AvgIpc) is 2.51. The molecule has 66 valence electrons. The van der Waals surface area contributed by atoms with Crippen molar-refractivity contribution in [2.75, 3.05) is 5.75 Å². The molecule has 0 radical (unpaired) electrons. The quantitative estimate of drug-likeness (QED) is 0.704. The first-order valence-electron chi connectivity index (χ1n) is 3.21. The number of nitrogens with two attached hydrogens (primary N) is 1. The number of carbonyl (C=O) groups is 1. The van der Waals surface area contributed by atoms with E-state index in [0.29, 0.717) is 5.75 Å². The molecule has 0 fully saturated rings. The molecule has 0 saturated carbocycles. The van der Waals surface area contributed by atoms with Gasteiger partial charge in [-0.05, 0) is 0 Å². The fourth-order valence-electron chi connectivity index (χ4n) is 0.514. The smallest absolute Gasteiger partial charge is 0.321 e. The van der Waals surface area contributed by atoms with Crippen molar-refractivity contribution in [2.24, 2.45) is 5.73 Å². The van der Waals surface area contributed by atoms with Gasteiger partial charge < -0.3 is 10.8 Å². The van der Waals surface area contributed by atoms with Gasteiger partial charge in [0.1, 0.15) is 10.4 Å². The van der Waals surface area contributed by atoms with E-state index >= 15 is 0 Å². The summed E-state index contributed by atoms with van der Waals surface area (Å²) in [6, 6.07) is -0.807. The molecule has 0 amide bonds. The molecule has 3 N–H and O–H groups in total. The lowest BCUT2D eigenvalue weighted by Gasteiger charge is -2.02. The fraction of sp³-hybridized carbons (Fsp3) is 0.333. The van der Waals surface area contributed by atoms with Crippen LogP contribution in [0.4, 0.5) is 0 Å². The van der Waals surface area contributed by atoms with Gasteiger partial charge in [-0.15, -0.1) is 11.3 Å². The highest BCUT2D eigenvalue weighted by Gasteiger charge is 2.11. The highest BCUT2D eigenvalue weighted by atomic mass is 32.2. The fourth-order valence-corrected chi connectivity index (χ4v) is 2.12. The van der Waals surface area contributed by atoms with Crippen LogP contribution in [0.3, 0.4) is 0 Å². The normalized spacial score (nSPS) is 12.8. The molecule has 1 rings (SSSR count). The van der Waals surface area contributed by atoms with Gasteiger partial charge in [0, 0.05) is 17.3 Å². The lowest BCUT2D eigenvalue weighted by Crippen LogP contribution is -2.32. The summed E-state index contributed by atoms with van der Waals surface area (Å²) in [7, 11) is 0. The van der Waals surface area contributed by atoms with Gasteiger partial charge in [0.2, 0.25) is 0 Å². The summed E-state index contributed by atoms with van der Waals surface area (Å²) in [4.78, 5) is 14.3. The van der Waals surface area contributed by atoms with Crippen LogP contribution in [0.2, 0.25) is 0 Å². The molecular weight excluding hydrogens is 196 g/mol. The summed E-state index contributed by atoms with van der Waals surface area (Å²) in [5.41, 5.74) is 5.29. The summed E-state index contributed by atoms with van der Waals surface area (Å²) in [6.45, 7) is 0. The lowest BCUT2D eigenvalue weighted by atomic mass is 10.4. The van der Waals surface area contributed by atoms with Gasteiger partial charge in [0.15, 0.2) is 0 Å². The Morgan fingerprint density at radius 3 is 3.17 bits per heavy atom. The first-order valence-corrected chi connectivity index (χ1v) is 5.07. The second-order valence-electron chi connectivity index (χ2n) is 2.05. The number of hydrogen-bond donors (Lipinski definition) is 2. The standard InChI is InChI=1S/C6H8N2O2S2/c7-4(5(9)10)3-12-6-8-1-2-11-6/h1-2,4H,3,7H2,(H,9,10)/t4-/m0/s1. The summed E-state index contributed by atoms with van der Waals surface area (Å²) in [5, 5.41) is 10.3. The van der Waals surface area contributed by atoms with Crippen molar-refractivity contribution >= 4 is 29.1 Å². The van der Waals surface area contributed by atoms with Crippen LogP contribution in [0.1, 0.15) is 0 Å². The molecule has 6 heteroatoms. The minimum Gasteiger partial charge on any atom is -0.480 e. The molecule has 0 aliphatic heterocycles. The average molecular weight is 204 g/mol. The van der Waals surface area contributed by atoms with Gasteiger partial charge in [-0.25, -0.2) is 4.98 Å². The van der Waals surface area contributed by atoms with Crippen molar-refractivity contribution in [3.05, 3.63) is 11.6 Å². The van der Waals surface area contributed by atoms with Crippen LogP contribution in [0.5, 0.6) is 0 Å². The van der Waals surface area contributed by atoms with Gasteiger partial charge in [-0.1, -0.05) is 11.8 Å². The highest BCUT2D eigenvalue weighted by molar-refractivity contribution is 8.01. The van der Waals surface area contributed by atoms with Crippen molar-refractivity contribution in [3.8, 4) is 0 Å². The van der Waals surface area contributed by atoms with Crippen LogP contribution in [0.25, 0.3) is 0 Å². The third-order valence-electron chi connectivity index (χ3n) is 1.11. The molecule has 0 aliphatic carbocycles. The van der Waals surface area contributed by atoms with Crippen LogP contribution in [0.15, 0.2) is 15.9 Å². The Hall–Kier alpha value is -0.590. The Morgan fingerprint density at radius 2 is 2.67 bits per heavy atom. The maximum Gasteiger partial charge on any atom is 0.321 e. The second-order valence-corrected chi connectivity index (χ2v) is 4.22. The number of aromatic nitrogens is 1. The minimum absolute atomic E-state index is 0.364. The molecular formula is C6H8N2O2S2. The minimum atomic E-state index is -0.973. The third-order valence-corrected chi connectivity index (χ3v) is 3.20. The number of carboxylic acid groups (broad SMARTS) is 1. The zero-order valence-corrected chi connectivity index (χ0v) is 7.77. The largest absolute Gasteiger partial charge is 0.480 e. The SMILES string of the molecule is N[C@@H](CSc1nccs1)C(=O)O. The van der Waals surface area contributed by atoms with Crippen LogP contribution in [0, 0.1) is 0 Å². The van der Waals surface area contributed by atoms with Crippen molar-refractivity contribution < 1.29 is 9.90 Å². The number of hydrogen-bond acceptors (Lipinski definition) is 5. The summed E-state index contributed by atoms with van der Waals surface area (Å²) in [6.07, 6.45) is 1.68. The van der Waals surface area contributed by atoms with Crippen molar-refractivity contribution in [3.63, 3.8) is 0 Å². The van der Waals surface area contributed by atoms with Crippen molar-refractivity contribution in [2.45, 2.75) is 10.4 Å². The monoisotopic (exact) mass is 204 g/mol.